The molecule has 0 aromatic carbocycles. The number of aromatic amines is 1. The summed E-state index contributed by atoms with van der Waals surface area (Å²) < 4.78 is 5.83. The largest absolute Gasteiger partial charge is 0.493 e. The fraction of sp³-hybridized carbons (Fsp3) is 0.433. The van der Waals surface area contributed by atoms with Crippen LogP contribution in [-0.4, -0.2) is 77.1 Å². The van der Waals surface area contributed by atoms with Gasteiger partial charge in [0, 0.05) is 49.3 Å². The lowest BCUT2D eigenvalue weighted by atomic mass is 9.98. The predicted molar refractivity (Wildman–Crippen MR) is 156 cm³/mol. The van der Waals surface area contributed by atoms with Crippen LogP contribution in [0, 0.1) is 12.8 Å². The third kappa shape index (κ3) is 5.36. The SMILES string of the molecule is CCOc1cc(C)[nH]c(=O)c1CN1CN2C(C(N)=O)=CC(c3ccc(N4CCN(C)CC4)nc3)=CC2=C1C(C)C. The van der Waals surface area contributed by atoms with Gasteiger partial charge >= 0.3 is 0 Å². The summed E-state index contributed by atoms with van der Waals surface area (Å²) in [4.78, 5) is 42.0. The summed E-state index contributed by atoms with van der Waals surface area (Å²) in [6.45, 7) is 13.1. The number of primary amides is 1. The maximum absolute atomic E-state index is 13.0. The number of H-pyrrole nitrogens is 1. The van der Waals surface area contributed by atoms with Gasteiger partial charge in [-0.05, 0) is 62.7 Å². The van der Waals surface area contributed by atoms with Crippen LogP contribution in [0.2, 0.25) is 0 Å². The summed E-state index contributed by atoms with van der Waals surface area (Å²) in [6.07, 6.45) is 5.80. The number of carbonyl (C=O) groups is 1. The molecule has 1 saturated heterocycles. The summed E-state index contributed by atoms with van der Waals surface area (Å²) in [5.41, 5.74) is 11.2. The van der Waals surface area contributed by atoms with Crippen LogP contribution in [0.5, 0.6) is 5.75 Å². The minimum absolute atomic E-state index is 0.127. The van der Waals surface area contributed by atoms with E-state index in [1.54, 1.807) is 0 Å². The number of nitrogens with two attached hydrogens (primary N) is 1. The van der Waals surface area contributed by atoms with Gasteiger partial charge in [0.05, 0.1) is 31.1 Å². The topological polar surface area (TPSA) is 111 Å². The number of fused-ring (bicyclic) bond motifs is 1. The van der Waals surface area contributed by atoms with Gasteiger partial charge in [0.15, 0.2) is 0 Å². The lowest BCUT2D eigenvalue weighted by Crippen LogP contribution is -2.44. The maximum Gasteiger partial charge on any atom is 0.265 e. The van der Waals surface area contributed by atoms with Crippen LogP contribution in [0.1, 0.15) is 37.6 Å². The highest BCUT2D eigenvalue weighted by Crippen LogP contribution is 2.39. The number of hydrogen-bond acceptors (Lipinski definition) is 8. The van der Waals surface area contributed by atoms with Crippen molar-refractivity contribution < 1.29 is 9.53 Å². The van der Waals surface area contributed by atoms with Crippen molar-refractivity contribution in [3.05, 3.63) is 80.8 Å². The number of likely N-dealkylation sites (N-methyl/N-ethyl adjacent to an activating group) is 1. The summed E-state index contributed by atoms with van der Waals surface area (Å²) in [5, 5.41) is 0. The molecule has 212 valence electrons. The summed E-state index contributed by atoms with van der Waals surface area (Å²) in [7, 11) is 2.14. The van der Waals surface area contributed by atoms with Gasteiger partial charge in [0.2, 0.25) is 0 Å². The van der Waals surface area contributed by atoms with Crippen LogP contribution in [0.15, 0.2) is 58.4 Å². The van der Waals surface area contributed by atoms with Crippen molar-refractivity contribution in [3.8, 4) is 5.75 Å². The molecule has 0 bridgehead atoms. The lowest BCUT2D eigenvalue weighted by Gasteiger charge is -2.33. The Morgan fingerprint density at radius 1 is 1.18 bits per heavy atom. The van der Waals surface area contributed by atoms with Gasteiger partial charge < -0.3 is 35.1 Å². The maximum atomic E-state index is 13.0. The van der Waals surface area contributed by atoms with Crippen LogP contribution in [0.25, 0.3) is 5.57 Å². The standard InChI is InChI=1S/C30H39N7O3/c1-6-40-26-13-20(4)33-30(39)23(26)17-36-18-37-24(28(36)19(2)3)14-22(15-25(37)29(31)38)21-7-8-27(32-16-21)35-11-9-34(5)10-12-35/h7-8,13-16,19H,6,9-12,17-18H2,1-5H3,(H2,31,38)(H,33,39). The van der Waals surface area contributed by atoms with Gasteiger partial charge in [-0.2, -0.15) is 0 Å². The Morgan fingerprint density at radius 3 is 2.55 bits per heavy atom. The number of allylic oxidation sites excluding steroid dienone is 4. The molecule has 0 atom stereocenters. The van der Waals surface area contributed by atoms with Gasteiger partial charge in [-0.1, -0.05) is 13.8 Å². The van der Waals surface area contributed by atoms with E-state index >= 15 is 0 Å². The van der Waals surface area contributed by atoms with Gasteiger partial charge in [0.25, 0.3) is 11.5 Å². The summed E-state index contributed by atoms with van der Waals surface area (Å²) in [5.74, 6) is 1.16. The van der Waals surface area contributed by atoms with E-state index in [-0.39, 0.29) is 11.5 Å². The van der Waals surface area contributed by atoms with E-state index in [1.165, 1.54) is 0 Å². The van der Waals surface area contributed by atoms with Crippen molar-refractivity contribution in [1.82, 2.24) is 24.7 Å². The Kier molecular flexibility index (Phi) is 7.71. The molecular weight excluding hydrogens is 506 g/mol. The van der Waals surface area contributed by atoms with Crippen molar-refractivity contribution in [1.29, 1.82) is 0 Å². The number of piperazine rings is 1. The molecule has 0 saturated carbocycles. The van der Waals surface area contributed by atoms with Crippen molar-refractivity contribution >= 4 is 17.3 Å². The molecule has 3 aliphatic heterocycles. The van der Waals surface area contributed by atoms with Crippen LogP contribution >= 0.6 is 0 Å². The van der Waals surface area contributed by atoms with Crippen molar-refractivity contribution in [2.24, 2.45) is 11.7 Å². The van der Waals surface area contributed by atoms with Crippen molar-refractivity contribution in [2.45, 2.75) is 34.2 Å². The van der Waals surface area contributed by atoms with Gasteiger partial charge in [-0.25, -0.2) is 4.98 Å². The fourth-order valence-corrected chi connectivity index (χ4v) is 5.65. The molecule has 5 heterocycles. The lowest BCUT2D eigenvalue weighted by molar-refractivity contribution is -0.115. The molecule has 10 nitrogen and oxygen atoms in total. The number of aryl methyl sites for hydroxylation is 1. The van der Waals surface area contributed by atoms with E-state index in [2.05, 4.69) is 52.7 Å². The molecule has 2 aromatic rings. The Balaban J connectivity index is 1.51. The predicted octanol–water partition coefficient (Wildman–Crippen LogP) is 2.64. The number of nitrogens with one attached hydrogen (secondary N) is 1. The number of nitrogens with zero attached hydrogens (tertiary/aromatic N) is 5. The molecule has 0 aliphatic carbocycles. The summed E-state index contributed by atoms with van der Waals surface area (Å²) in [6, 6.07) is 5.96. The van der Waals surface area contributed by atoms with E-state index in [1.807, 2.05) is 43.2 Å². The minimum atomic E-state index is -0.502. The van der Waals surface area contributed by atoms with Crippen LogP contribution in [0.4, 0.5) is 5.82 Å². The number of ether oxygens (including phenoxy) is 1. The van der Waals surface area contributed by atoms with Gasteiger partial charge in [-0.15, -0.1) is 0 Å². The monoisotopic (exact) mass is 545 g/mol. The van der Waals surface area contributed by atoms with Crippen molar-refractivity contribution in [3.63, 3.8) is 0 Å². The quantitative estimate of drug-likeness (QED) is 0.521. The third-order valence-electron chi connectivity index (χ3n) is 7.67. The molecule has 3 aliphatic rings. The number of hydrogen-bond donors (Lipinski definition) is 2. The molecule has 5 rings (SSSR count). The second-order valence-corrected chi connectivity index (χ2v) is 10.9. The highest BCUT2D eigenvalue weighted by atomic mass is 16.5. The van der Waals surface area contributed by atoms with E-state index in [0.29, 0.717) is 36.8 Å². The highest BCUT2D eigenvalue weighted by molar-refractivity contribution is 5.97. The number of pyridine rings is 2. The molecule has 3 N–H and O–H groups in total. The normalized spacial score (nSPS) is 17.8. The first-order valence-corrected chi connectivity index (χ1v) is 13.9. The molecule has 40 heavy (non-hydrogen) atoms. The third-order valence-corrected chi connectivity index (χ3v) is 7.67. The van der Waals surface area contributed by atoms with E-state index in [9.17, 15) is 9.59 Å². The second kappa shape index (κ2) is 11.2. The van der Waals surface area contributed by atoms with Crippen LogP contribution in [-0.2, 0) is 11.3 Å². The molecular formula is C30H39N7O3. The fourth-order valence-electron chi connectivity index (χ4n) is 5.65. The molecule has 10 heteroatoms. The van der Waals surface area contributed by atoms with E-state index in [4.69, 9.17) is 15.5 Å². The van der Waals surface area contributed by atoms with E-state index in [0.717, 1.165) is 60.2 Å². The number of amides is 1. The van der Waals surface area contributed by atoms with Gasteiger partial charge in [0.1, 0.15) is 17.3 Å². The minimum Gasteiger partial charge on any atom is -0.493 e. The molecule has 1 fully saturated rings. The number of carbonyl (C=O) groups excluding carboxylic acids is 1. The van der Waals surface area contributed by atoms with Crippen molar-refractivity contribution in [2.75, 3.05) is 51.4 Å². The number of anilines is 1. The average molecular weight is 546 g/mol. The second-order valence-electron chi connectivity index (χ2n) is 10.9. The van der Waals surface area contributed by atoms with E-state index < -0.39 is 5.91 Å². The Hall–Kier alpha value is -4.05. The number of aromatic nitrogens is 2. The zero-order valence-corrected chi connectivity index (χ0v) is 24.0. The first-order valence-electron chi connectivity index (χ1n) is 13.9. The smallest absolute Gasteiger partial charge is 0.265 e. The zero-order valence-electron chi connectivity index (χ0n) is 24.0. The summed E-state index contributed by atoms with van der Waals surface area (Å²) >= 11 is 0. The molecule has 0 unspecified atom stereocenters. The molecule has 2 aromatic heterocycles. The van der Waals surface area contributed by atoms with Gasteiger partial charge in [-0.3, -0.25) is 9.59 Å². The van der Waals surface area contributed by atoms with Crippen LogP contribution in [0.3, 0.4) is 0 Å². The Bertz CT molecular complexity index is 1430. The average Bonchev–Trinajstić information content (AvgIpc) is 3.29. The van der Waals surface area contributed by atoms with Crippen LogP contribution < -0.4 is 20.9 Å². The highest BCUT2D eigenvalue weighted by Gasteiger charge is 2.36. The zero-order chi connectivity index (χ0) is 28.6. The molecule has 0 spiro atoms. The first kappa shape index (κ1) is 27.5. The molecule has 0 radical (unpaired) electrons. The Morgan fingerprint density at radius 2 is 1.93 bits per heavy atom. The number of rotatable bonds is 8. The molecule has 1 amide bonds. The Labute approximate surface area is 235 Å². The first-order chi connectivity index (χ1) is 19.2.